The Kier molecular flexibility index (Phi) is 3.43. The van der Waals surface area contributed by atoms with E-state index in [1.165, 1.54) is 0 Å². The molecule has 0 aromatic carbocycles. The van der Waals surface area contributed by atoms with E-state index in [-0.39, 0.29) is 11.2 Å². The third-order valence-electron chi connectivity index (χ3n) is 4.15. The van der Waals surface area contributed by atoms with Gasteiger partial charge in [0.1, 0.15) is 0 Å². The Morgan fingerprint density at radius 3 is 2.24 bits per heavy atom. The number of thiazole rings is 1. The van der Waals surface area contributed by atoms with E-state index in [1.807, 2.05) is 58.2 Å². The largest absolute Gasteiger partial charge is 0.514 e. The van der Waals surface area contributed by atoms with Crippen molar-refractivity contribution in [2.75, 3.05) is 0 Å². The van der Waals surface area contributed by atoms with E-state index in [0.29, 0.717) is 0 Å². The average Bonchev–Trinajstić information content (AvgIpc) is 2.92. The minimum absolute atomic E-state index is 0.355. The number of pyridine rings is 1. The minimum Gasteiger partial charge on any atom is -0.398 e. The first-order valence-electron chi connectivity index (χ1n) is 7.04. The molecule has 21 heavy (non-hydrogen) atoms. The van der Waals surface area contributed by atoms with E-state index in [1.54, 1.807) is 11.3 Å². The van der Waals surface area contributed by atoms with Crippen molar-refractivity contribution in [1.29, 1.82) is 0 Å². The number of aryl methyl sites for hydroxylation is 1. The number of nitrogens with zero attached hydrogens (tertiary/aromatic N) is 2. The minimum atomic E-state index is -0.435. The van der Waals surface area contributed by atoms with Crippen molar-refractivity contribution in [1.82, 2.24) is 9.97 Å². The van der Waals surface area contributed by atoms with Crippen LogP contribution in [0.25, 0.3) is 11.4 Å². The number of rotatable bonds is 2. The van der Waals surface area contributed by atoms with Crippen LogP contribution in [0.2, 0.25) is 0 Å². The highest BCUT2D eigenvalue weighted by Gasteiger charge is 2.52. The SMILES string of the molecule is Cc1nc(-c2cccc(B3OC(C)(C)C(C)(C)O3)n2)cs1. The van der Waals surface area contributed by atoms with Crippen LogP contribution in [0.4, 0.5) is 0 Å². The molecule has 1 fully saturated rings. The van der Waals surface area contributed by atoms with Gasteiger partial charge in [-0.2, -0.15) is 0 Å². The third kappa shape index (κ3) is 2.63. The molecule has 2 aromatic rings. The van der Waals surface area contributed by atoms with Gasteiger partial charge in [0.05, 0.1) is 33.2 Å². The predicted molar refractivity (Wildman–Crippen MR) is 85.8 cm³/mol. The normalized spacial score (nSPS) is 20.0. The number of hydrogen-bond acceptors (Lipinski definition) is 5. The summed E-state index contributed by atoms with van der Waals surface area (Å²) in [5, 5.41) is 3.05. The molecule has 3 heterocycles. The molecule has 1 aliphatic heterocycles. The molecule has 4 nitrogen and oxygen atoms in total. The lowest BCUT2D eigenvalue weighted by Crippen LogP contribution is -2.41. The molecule has 1 saturated heterocycles. The molecule has 0 atom stereocenters. The van der Waals surface area contributed by atoms with Crippen molar-refractivity contribution in [2.45, 2.75) is 45.8 Å². The van der Waals surface area contributed by atoms with Gasteiger partial charge in [0.25, 0.3) is 0 Å². The second-order valence-electron chi connectivity index (χ2n) is 6.29. The van der Waals surface area contributed by atoms with Gasteiger partial charge < -0.3 is 9.31 Å². The fourth-order valence-corrected chi connectivity index (χ4v) is 2.78. The number of aromatic nitrogens is 2. The van der Waals surface area contributed by atoms with E-state index >= 15 is 0 Å². The Morgan fingerprint density at radius 2 is 1.67 bits per heavy atom. The molecular weight excluding hydrogens is 283 g/mol. The molecule has 0 saturated carbocycles. The highest BCUT2D eigenvalue weighted by Crippen LogP contribution is 2.36. The van der Waals surface area contributed by atoms with Gasteiger partial charge in [-0.25, -0.2) is 4.98 Å². The van der Waals surface area contributed by atoms with Crippen LogP contribution in [0.5, 0.6) is 0 Å². The smallest absolute Gasteiger partial charge is 0.398 e. The standard InChI is InChI=1S/C15H19BN2O2S/c1-10-17-12(9-21-10)11-7-6-8-13(18-11)16-19-14(2,3)15(4,5)20-16/h6-9H,1-5H3. The summed E-state index contributed by atoms with van der Waals surface area (Å²) in [6.45, 7) is 10.2. The van der Waals surface area contributed by atoms with Gasteiger partial charge >= 0.3 is 7.12 Å². The molecule has 0 radical (unpaired) electrons. The Labute approximate surface area is 129 Å². The van der Waals surface area contributed by atoms with Gasteiger partial charge in [0.15, 0.2) is 0 Å². The van der Waals surface area contributed by atoms with E-state index < -0.39 is 7.12 Å². The van der Waals surface area contributed by atoms with E-state index in [0.717, 1.165) is 22.0 Å². The predicted octanol–water partition coefficient (Wildman–Crippen LogP) is 2.81. The van der Waals surface area contributed by atoms with Crippen LogP contribution >= 0.6 is 11.3 Å². The van der Waals surface area contributed by atoms with Crippen molar-refractivity contribution in [3.05, 3.63) is 28.6 Å². The molecule has 0 amide bonds. The van der Waals surface area contributed by atoms with E-state index in [2.05, 4.69) is 9.97 Å². The Bertz CT molecular complexity index is 653. The van der Waals surface area contributed by atoms with Crippen LogP contribution in [-0.2, 0) is 9.31 Å². The first-order chi connectivity index (χ1) is 9.78. The van der Waals surface area contributed by atoms with Crippen LogP contribution in [-0.4, -0.2) is 28.3 Å². The van der Waals surface area contributed by atoms with Crippen LogP contribution in [0.15, 0.2) is 23.6 Å². The monoisotopic (exact) mass is 302 g/mol. The van der Waals surface area contributed by atoms with Gasteiger partial charge in [-0.3, -0.25) is 4.98 Å². The van der Waals surface area contributed by atoms with Gasteiger partial charge in [0, 0.05) is 5.38 Å². The van der Waals surface area contributed by atoms with Crippen LogP contribution in [0, 0.1) is 6.92 Å². The highest BCUT2D eigenvalue weighted by atomic mass is 32.1. The molecule has 0 spiro atoms. The summed E-state index contributed by atoms with van der Waals surface area (Å²) in [7, 11) is -0.435. The second kappa shape index (κ2) is 4.90. The maximum absolute atomic E-state index is 6.04. The summed E-state index contributed by atoms with van der Waals surface area (Å²) >= 11 is 1.62. The molecule has 6 heteroatoms. The molecule has 0 bridgehead atoms. The van der Waals surface area contributed by atoms with Gasteiger partial charge in [-0.05, 0) is 46.8 Å². The van der Waals surface area contributed by atoms with Gasteiger partial charge in [-0.15, -0.1) is 11.3 Å². The Hall–Kier alpha value is -1.24. The quantitative estimate of drug-likeness (QED) is 0.800. The lowest BCUT2D eigenvalue weighted by atomic mass is 9.84. The van der Waals surface area contributed by atoms with Crippen molar-refractivity contribution < 1.29 is 9.31 Å². The van der Waals surface area contributed by atoms with Crippen LogP contribution in [0.1, 0.15) is 32.7 Å². The molecule has 2 aromatic heterocycles. The maximum Gasteiger partial charge on any atom is 0.514 e. The van der Waals surface area contributed by atoms with Gasteiger partial charge in [-0.1, -0.05) is 6.07 Å². The summed E-state index contributed by atoms with van der Waals surface area (Å²) < 4.78 is 12.1. The molecule has 3 rings (SSSR count). The fraction of sp³-hybridized carbons (Fsp3) is 0.467. The molecule has 0 aliphatic carbocycles. The average molecular weight is 302 g/mol. The molecule has 1 aliphatic rings. The number of hydrogen-bond donors (Lipinski definition) is 0. The zero-order valence-electron chi connectivity index (χ0n) is 13.0. The summed E-state index contributed by atoms with van der Waals surface area (Å²) in [6, 6.07) is 5.87. The topological polar surface area (TPSA) is 44.2 Å². The summed E-state index contributed by atoms with van der Waals surface area (Å²) in [5.74, 6) is 0. The first kappa shape index (κ1) is 14.7. The van der Waals surface area contributed by atoms with Crippen molar-refractivity contribution in [2.24, 2.45) is 0 Å². The Balaban J connectivity index is 1.91. The van der Waals surface area contributed by atoms with E-state index in [4.69, 9.17) is 9.31 Å². The van der Waals surface area contributed by atoms with Crippen molar-refractivity contribution in [3.8, 4) is 11.4 Å². The van der Waals surface area contributed by atoms with Crippen LogP contribution < -0.4 is 5.59 Å². The highest BCUT2D eigenvalue weighted by molar-refractivity contribution is 7.09. The summed E-state index contributed by atoms with van der Waals surface area (Å²) in [5.41, 5.74) is 1.83. The zero-order valence-corrected chi connectivity index (χ0v) is 13.8. The summed E-state index contributed by atoms with van der Waals surface area (Å²) in [4.78, 5) is 9.14. The zero-order chi connectivity index (χ0) is 15.3. The Morgan fingerprint density at radius 1 is 1.00 bits per heavy atom. The molecule has 0 N–H and O–H groups in total. The second-order valence-corrected chi connectivity index (χ2v) is 7.35. The first-order valence-corrected chi connectivity index (χ1v) is 7.91. The maximum atomic E-state index is 6.04. The third-order valence-corrected chi connectivity index (χ3v) is 4.92. The molecule has 0 unspecified atom stereocenters. The lowest BCUT2D eigenvalue weighted by Gasteiger charge is -2.32. The van der Waals surface area contributed by atoms with Crippen molar-refractivity contribution >= 4 is 24.0 Å². The van der Waals surface area contributed by atoms with Gasteiger partial charge in [0.2, 0.25) is 0 Å². The van der Waals surface area contributed by atoms with Crippen LogP contribution in [0.3, 0.4) is 0 Å². The molecule has 110 valence electrons. The summed E-state index contributed by atoms with van der Waals surface area (Å²) in [6.07, 6.45) is 0. The molecular formula is C15H19BN2O2S. The fourth-order valence-electron chi connectivity index (χ4n) is 2.17. The lowest BCUT2D eigenvalue weighted by molar-refractivity contribution is 0.00578. The van der Waals surface area contributed by atoms with Crippen molar-refractivity contribution in [3.63, 3.8) is 0 Å². The van der Waals surface area contributed by atoms with E-state index in [9.17, 15) is 0 Å².